The fraction of sp³-hybridized carbons (Fsp3) is 0.619. The lowest BCUT2D eigenvalue weighted by Crippen LogP contribution is -2.41. The first-order valence-electron chi connectivity index (χ1n) is 9.58. The maximum atomic E-state index is 12.3. The van der Waals surface area contributed by atoms with Crippen molar-refractivity contribution in [2.24, 2.45) is 0 Å². The summed E-state index contributed by atoms with van der Waals surface area (Å²) in [5.41, 5.74) is 2.41. The van der Waals surface area contributed by atoms with Crippen LogP contribution in [-0.2, 0) is 14.9 Å². The molecule has 2 heterocycles. The van der Waals surface area contributed by atoms with Crippen molar-refractivity contribution in [3.05, 3.63) is 29.3 Å². The molecule has 1 unspecified atom stereocenters. The summed E-state index contributed by atoms with van der Waals surface area (Å²) >= 11 is 0. The van der Waals surface area contributed by atoms with E-state index in [1.54, 1.807) is 4.90 Å². The number of rotatable bonds is 2. The Morgan fingerprint density at radius 1 is 1.31 bits per heavy atom. The minimum Gasteiger partial charge on any atom is -0.444 e. The third-order valence-corrected chi connectivity index (χ3v) is 5.71. The van der Waals surface area contributed by atoms with Crippen LogP contribution in [0.5, 0.6) is 0 Å². The van der Waals surface area contributed by atoms with Crippen LogP contribution in [0, 0.1) is 0 Å². The van der Waals surface area contributed by atoms with E-state index in [2.05, 4.69) is 24.4 Å². The van der Waals surface area contributed by atoms with Gasteiger partial charge in [0.05, 0.1) is 5.41 Å². The second-order valence-corrected chi connectivity index (χ2v) is 8.69. The number of fused-ring (bicyclic) bond motifs is 1. The first kappa shape index (κ1) is 18.7. The Kier molecular flexibility index (Phi) is 4.76. The van der Waals surface area contributed by atoms with Crippen molar-refractivity contribution >= 4 is 17.7 Å². The number of likely N-dealkylation sites (tertiary alicyclic amines) is 1. The van der Waals surface area contributed by atoms with Crippen LogP contribution in [0.1, 0.15) is 70.9 Å². The van der Waals surface area contributed by atoms with Gasteiger partial charge in [-0.3, -0.25) is 4.79 Å². The topological polar surface area (TPSA) is 58.6 Å². The fourth-order valence-corrected chi connectivity index (χ4v) is 3.84. The number of nitrogens with one attached hydrogen (secondary N) is 1. The molecule has 2 aliphatic heterocycles. The average Bonchev–Trinajstić information content (AvgIpc) is 2.84. The van der Waals surface area contributed by atoms with Gasteiger partial charge in [-0.25, -0.2) is 4.79 Å². The van der Waals surface area contributed by atoms with Gasteiger partial charge in [0.25, 0.3) is 0 Å². The van der Waals surface area contributed by atoms with Crippen LogP contribution in [0.4, 0.5) is 10.5 Å². The first-order valence-corrected chi connectivity index (χ1v) is 9.58. The molecule has 2 amide bonds. The van der Waals surface area contributed by atoms with E-state index >= 15 is 0 Å². The van der Waals surface area contributed by atoms with Crippen molar-refractivity contribution in [3.63, 3.8) is 0 Å². The molecule has 0 spiro atoms. The van der Waals surface area contributed by atoms with Gasteiger partial charge in [-0.15, -0.1) is 0 Å². The molecular weight excluding hydrogens is 328 g/mol. The zero-order valence-electron chi connectivity index (χ0n) is 16.5. The van der Waals surface area contributed by atoms with E-state index in [0.717, 1.165) is 30.5 Å². The van der Waals surface area contributed by atoms with E-state index < -0.39 is 11.0 Å². The summed E-state index contributed by atoms with van der Waals surface area (Å²) in [6.07, 6.45) is 2.40. The van der Waals surface area contributed by atoms with Gasteiger partial charge in [0.1, 0.15) is 5.60 Å². The molecule has 0 aromatic heterocycles. The second kappa shape index (κ2) is 6.60. The van der Waals surface area contributed by atoms with Gasteiger partial charge < -0.3 is 15.0 Å². The van der Waals surface area contributed by atoms with Crippen molar-refractivity contribution in [1.82, 2.24) is 4.90 Å². The Balaban J connectivity index is 1.70. The SMILES string of the molecule is CCC1(C)C(=O)Nc2ccc(C3CCN(C(=O)OC(C)(C)C)CC3)cc21. The summed E-state index contributed by atoms with van der Waals surface area (Å²) in [6.45, 7) is 11.2. The Bertz CT molecular complexity index is 714. The van der Waals surface area contributed by atoms with E-state index in [9.17, 15) is 9.59 Å². The number of hydrogen-bond donors (Lipinski definition) is 1. The lowest BCUT2D eigenvalue weighted by Gasteiger charge is -2.34. The van der Waals surface area contributed by atoms with Crippen molar-refractivity contribution < 1.29 is 14.3 Å². The number of anilines is 1. The Labute approximate surface area is 156 Å². The summed E-state index contributed by atoms with van der Waals surface area (Å²) in [4.78, 5) is 26.4. The van der Waals surface area contributed by atoms with E-state index in [1.807, 2.05) is 33.8 Å². The molecule has 1 aromatic rings. The van der Waals surface area contributed by atoms with Crippen LogP contribution >= 0.6 is 0 Å². The highest BCUT2D eigenvalue weighted by molar-refractivity contribution is 6.05. The quantitative estimate of drug-likeness (QED) is 0.851. The van der Waals surface area contributed by atoms with Crippen molar-refractivity contribution in [2.45, 2.75) is 70.8 Å². The highest BCUT2D eigenvalue weighted by Crippen LogP contribution is 2.42. The van der Waals surface area contributed by atoms with Crippen LogP contribution in [0.2, 0.25) is 0 Å². The zero-order valence-corrected chi connectivity index (χ0v) is 16.5. The normalized spacial score (nSPS) is 23.6. The van der Waals surface area contributed by atoms with Gasteiger partial charge in [0, 0.05) is 18.8 Å². The molecule has 0 aliphatic carbocycles. The minimum absolute atomic E-state index is 0.0897. The molecule has 1 atom stereocenters. The molecule has 0 saturated carbocycles. The average molecular weight is 358 g/mol. The van der Waals surface area contributed by atoms with Crippen LogP contribution < -0.4 is 5.32 Å². The van der Waals surface area contributed by atoms with Crippen molar-refractivity contribution in [3.8, 4) is 0 Å². The standard InChI is InChI=1S/C21H30N2O3/c1-6-21(5)16-13-15(7-8-17(16)22-18(21)24)14-9-11-23(12-10-14)19(25)26-20(2,3)4/h7-8,13-14H,6,9-12H2,1-5H3,(H,22,24). The number of benzene rings is 1. The van der Waals surface area contributed by atoms with Gasteiger partial charge in [0.15, 0.2) is 0 Å². The molecule has 0 radical (unpaired) electrons. The highest BCUT2D eigenvalue weighted by atomic mass is 16.6. The molecule has 3 rings (SSSR count). The van der Waals surface area contributed by atoms with Crippen LogP contribution in [0.3, 0.4) is 0 Å². The van der Waals surface area contributed by atoms with Crippen LogP contribution in [0.15, 0.2) is 18.2 Å². The maximum absolute atomic E-state index is 12.3. The number of piperidine rings is 1. The van der Waals surface area contributed by atoms with Gasteiger partial charge in [-0.2, -0.15) is 0 Å². The van der Waals surface area contributed by atoms with E-state index in [1.165, 1.54) is 5.56 Å². The van der Waals surface area contributed by atoms with Gasteiger partial charge >= 0.3 is 6.09 Å². The Morgan fingerprint density at radius 2 is 1.96 bits per heavy atom. The summed E-state index contributed by atoms with van der Waals surface area (Å²) < 4.78 is 5.47. The number of carbonyl (C=O) groups is 2. The van der Waals surface area contributed by atoms with Crippen molar-refractivity contribution in [1.29, 1.82) is 0 Å². The monoisotopic (exact) mass is 358 g/mol. The van der Waals surface area contributed by atoms with Crippen LogP contribution in [-0.4, -0.2) is 35.6 Å². The number of ether oxygens (including phenoxy) is 1. The molecule has 1 fully saturated rings. The van der Waals surface area contributed by atoms with Crippen molar-refractivity contribution in [2.75, 3.05) is 18.4 Å². The first-order chi connectivity index (χ1) is 12.1. The highest BCUT2D eigenvalue weighted by Gasteiger charge is 2.41. The van der Waals surface area contributed by atoms with Gasteiger partial charge in [0.2, 0.25) is 5.91 Å². The number of nitrogens with zero attached hydrogens (tertiary/aromatic N) is 1. The summed E-state index contributed by atoms with van der Waals surface area (Å²) in [7, 11) is 0. The molecule has 1 saturated heterocycles. The predicted molar refractivity (Wildman–Crippen MR) is 102 cm³/mol. The molecule has 0 bridgehead atoms. The lowest BCUT2D eigenvalue weighted by molar-refractivity contribution is -0.120. The second-order valence-electron chi connectivity index (χ2n) is 8.69. The van der Waals surface area contributed by atoms with Crippen LogP contribution in [0.25, 0.3) is 0 Å². The molecule has 2 aliphatic rings. The lowest BCUT2D eigenvalue weighted by atomic mass is 9.79. The Hall–Kier alpha value is -2.04. The fourth-order valence-electron chi connectivity index (χ4n) is 3.84. The molecule has 5 nitrogen and oxygen atoms in total. The molecule has 1 aromatic carbocycles. The van der Waals surface area contributed by atoms with E-state index in [0.29, 0.717) is 19.0 Å². The predicted octanol–water partition coefficient (Wildman–Crippen LogP) is 4.42. The van der Waals surface area contributed by atoms with Gasteiger partial charge in [-0.1, -0.05) is 19.1 Å². The maximum Gasteiger partial charge on any atom is 0.410 e. The molecule has 142 valence electrons. The summed E-state index contributed by atoms with van der Waals surface area (Å²) in [6, 6.07) is 6.35. The number of hydrogen-bond acceptors (Lipinski definition) is 3. The number of amides is 2. The zero-order chi connectivity index (χ0) is 19.1. The minimum atomic E-state index is -0.460. The summed E-state index contributed by atoms with van der Waals surface area (Å²) in [5.74, 6) is 0.502. The van der Waals surface area contributed by atoms with Gasteiger partial charge in [-0.05, 0) is 70.1 Å². The molecule has 26 heavy (non-hydrogen) atoms. The van der Waals surface area contributed by atoms with E-state index in [4.69, 9.17) is 4.74 Å². The third-order valence-electron chi connectivity index (χ3n) is 5.71. The number of carbonyl (C=O) groups excluding carboxylic acids is 2. The third kappa shape index (κ3) is 3.44. The van der Waals surface area contributed by atoms with E-state index in [-0.39, 0.29) is 12.0 Å². The summed E-state index contributed by atoms with van der Waals surface area (Å²) in [5, 5.41) is 3.00. The molecule has 1 N–H and O–H groups in total. The Morgan fingerprint density at radius 3 is 2.54 bits per heavy atom. The largest absolute Gasteiger partial charge is 0.444 e. The molecule has 5 heteroatoms. The smallest absolute Gasteiger partial charge is 0.410 e. The molecular formula is C21H30N2O3.